The zero-order valence-corrected chi connectivity index (χ0v) is 52.7. The zero-order chi connectivity index (χ0) is 65.3. The summed E-state index contributed by atoms with van der Waals surface area (Å²) in [5.41, 5.74) is 8.95. The minimum Gasteiger partial charge on any atom is -0.497 e. The van der Waals surface area contributed by atoms with E-state index in [0.29, 0.717) is 63.8 Å². The molecule has 19 nitrogen and oxygen atoms in total. The van der Waals surface area contributed by atoms with Crippen molar-refractivity contribution in [2.45, 2.75) is 38.5 Å². The van der Waals surface area contributed by atoms with Gasteiger partial charge in [-0.2, -0.15) is 25.3 Å². The predicted molar refractivity (Wildman–Crippen MR) is 341 cm³/mol. The number of carbonyl (C=O) groups excluding carboxylic acids is 1. The number of hydrogen-bond donors (Lipinski definition) is 4. The Kier molecular flexibility index (Phi) is 20.4. The van der Waals surface area contributed by atoms with Crippen LogP contribution >= 0.6 is 12.0 Å². The molecule has 0 heterocycles. The van der Waals surface area contributed by atoms with Crippen molar-refractivity contribution in [1.82, 2.24) is 0 Å². The molecule has 1 aliphatic rings. The Bertz CT molecular complexity index is 4630. The van der Waals surface area contributed by atoms with Crippen LogP contribution in [0.1, 0.15) is 49.3 Å². The minimum atomic E-state index is -4.88. The molecule has 10 aromatic rings. The highest BCUT2D eigenvalue weighted by molar-refractivity contribution is 7.94. The van der Waals surface area contributed by atoms with E-state index in [2.05, 4.69) is 29.3 Å². The highest BCUT2D eigenvalue weighted by Gasteiger charge is 2.46. The summed E-state index contributed by atoms with van der Waals surface area (Å²) in [6.07, 6.45) is 1.43. The van der Waals surface area contributed by atoms with Crippen LogP contribution in [0.2, 0.25) is 0 Å². The van der Waals surface area contributed by atoms with E-state index in [4.69, 9.17) is 37.6 Å². The number of hydrogen-bond acceptors (Lipinski definition) is 17. The van der Waals surface area contributed by atoms with E-state index in [1.807, 2.05) is 104 Å². The summed E-state index contributed by atoms with van der Waals surface area (Å²) in [6, 6.07) is 68.3. The largest absolute Gasteiger partial charge is 0.497 e. The van der Waals surface area contributed by atoms with Gasteiger partial charge >= 0.3 is 0 Å². The molecule has 0 aromatic heterocycles. The molecule has 0 bridgehead atoms. The molecule has 4 N–H and O–H groups in total. The molecule has 0 amide bonds. The summed E-state index contributed by atoms with van der Waals surface area (Å²) in [5.74, 6) is 1.79. The van der Waals surface area contributed by atoms with Crippen molar-refractivity contribution < 1.29 is 85.7 Å². The molecule has 10 aromatic carbocycles. The Morgan fingerprint density at radius 3 is 1.42 bits per heavy atom. The highest BCUT2D eigenvalue weighted by atomic mass is 32.2. The summed E-state index contributed by atoms with van der Waals surface area (Å²) in [6.45, 7) is 1.90. The van der Waals surface area contributed by atoms with E-state index in [-0.39, 0.29) is 33.3 Å². The summed E-state index contributed by atoms with van der Waals surface area (Å²) in [7, 11) is -14.3. The average molecular weight is 1330 g/mol. The van der Waals surface area contributed by atoms with Gasteiger partial charge < -0.3 is 18.9 Å². The average Bonchev–Trinajstić information content (AvgIpc) is 1.56. The maximum absolute atomic E-state index is 14.0. The van der Waals surface area contributed by atoms with E-state index in [1.165, 1.54) is 18.2 Å². The van der Waals surface area contributed by atoms with Crippen molar-refractivity contribution in [2.75, 3.05) is 19.6 Å². The fourth-order valence-electron chi connectivity index (χ4n) is 10.1. The van der Waals surface area contributed by atoms with Crippen molar-refractivity contribution in [2.24, 2.45) is 0 Å². The van der Waals surface area contributed by atoms with Crippen molar-refractivity contribution in [3.05, 3.63) is 275 Å². The van der Waals surface area contributed by atoms with Gasteiger partial charge in [-0.05, 0) is 161 Å². The van der Waals surface area contributed by atoms with Crippen LogP contribution < -0.4 is 18.9 Å². The lowest BCUT2D eigenvalue weighted by Gasteiger charge is -2.34. The van der Waals surface area contributed by atoms with E-state index in [9.17, 15) is 43.0 Å². The molecule has 0 saturated heterocycles. The highest BCUT2D eigenvalue weighted by Crippen LogP contribution is 2.56. The first-order valence-corrected chi connectivity index (χ1v) is 34.4. The lowest BCUT2D eigenvalue weighted by Crippen LogP contribution is -2.28. The Labute approximate surface area is 530 Å². The zero-order valence-electron chi connectivity index (χ0n) is 48.6. The van der Waals surface area contributed by atoms with Crippen molar-refractivity contribution in [1.29, 1.82) is 0 Å². The van der Waals surface area contributed by atoms with Gasteiger partial charge in [-0.3, -0.25) is 18.5 Å². The fourth-order valence-corrected chi connectivity index (χ4v) is 12.5. The third-order valence-electron chi connectivity index (χ3n) is 14.1. The van der Waals surface area contributed by atoms with Crippen molar-refractivity contribution >= 4 is 58.0 Å². The lowest BCUT2D eigenvalue weighted by atomic mass is 9.68. The maximum atomic E-state index is 14.0. The van der Waals surface area contributed by atoms with E-state index < -0.39 is 56.3 Å². The molecular weight excluding hydrogens is 1270 g/mol. The summed E-state index contributed by atoms with van der Waals surface area (Å²) < 4.78 is 143. The molecule has 0 saturated carbocycles. The number of sulfone groups is 1. The maximum Gasteiger partial charge on any atom is 0.298 e. The van der Waals surface area contributed by atoms with Crippen molar-refractivity contribution in [3.8, 4) is 56.8 Å². The Balaban J connectivity index is 0.000000910. The number of carbonyl (C=O) groups is 1. The second kappa shape index (κ2) is 28.0. The third-order valence-corrected chi connectivity index (χ3v) is 17.4. The standard InChI is InChI=1S/C65H48O13S3.2CH4O3S/c1-42-11-34-55(35-12-42)80(68,69)56-36-32-53(33-37-56)75-52-30-22-49(23-31-52)65(59-9-5-3-7-57(59)58-8-4-6-10-60(58)65)48-20-28-51(29-21-48)74-41-47-14-13-45(39-62(47)79-78-77-67)64(66)46-19-38-61(63(40-46)81(70,71)72)76-54-26-17-44(18-27-54)43-15-24-50(73-2)25-16-43;2*1-5(2,3)4/h3-40,67H,41H2,1-2H3,(H,70,71,72);2*1H3,(H,2,3,4). The predicted octanol–water partition coefficient (Wildman–Crippen LogP) is 13.9. The SMILES string of the molecule is COc1ccc(-c2ccc(Oc3ccc(C(=O)c4ccc(COc5ccc(C6(c7ccc(Oc8ccc(S(=O)(=O)c9ccc(C)cc9)cc8)cc7)c7ccccc7-c7ccccc76)cc5)c(SOOO)c4)cc3S(=O)(=O)O)cc2)cc1.CS(=O)(=O)O.CS(=O)(=O)O. The van der Waals surface area contributed by atoms with Gasteiger partial charge in [0.2, 0.25) is 9.84 Å². The molecule has 11 rings (SSSR count). The van der Waals surface area contributed by atoms with Crippen LogP contribution in [-0.4, -0.2) is 78.0 Å². The first-order chi connectivity index (χ1) is 43.2. The molecular formula is C67H56O19S5. The van der Waals surface area contributed by atoms with Crippen LogP contribution in [0.15, 0.2) is 250 Å². The summed E-state index contributed by atoms with van der Waals surface area (Å²) in [4.78, 5) is 14.1. The van der Waals surface area contributed by atoms with Gasteiger partial charge in [0.15, 0.2) is 5.78 Å². The van der Waals surface area contributed by atoms with Crippen LogP contribution in [0.25, 0.3) is 22.3 Å². The van der Waals surface area contributed by atoms with E-state index in [1.54, 1.807) is 92.0 Å². The summed E-state index contributed by atoms with van der Waals surface area (Å²) in [5, 5.41) is 13.0. The summed E-state index contributed by atoms with van der Waals surface area (Å²) >= 11 is 0.630. The number of ether oxygens (including phenoxy) is 4. The van der Waals surface area contributed by atoms with Crippen LogP contribution in [0.4, 0.5) is 0 Å². The Hall–Kier alpha value is -9.02. The van der Waals surface area contributed by atoms with Crippen LogP contribution in [-0.2, 0) is 61.6 Å². The van der Waals surface area contributed by atoms with Gasteiger partial charge in [0, 0.05) is 21.6 Å². The monoisotopic (exact) mass is 1320 g/mol. The number of rotatable bonds is 19. The molecule has 1 aliphatic carbocycles. The van der Waals surface area contributed by atoms with Gasteiger partial charge in [0.05, 0.1) is 46.9 Å². The normalized spacial score (nSPS) is 12.4. The molecule has 0 radical (unpaired) electrons. The number of benzene rings is 10. The minimum absolute atomic E-state index is 0.00544. The number of aryl methyl sites for hydroxylation is 1. The Morgan fingerprint density at radius 1 is 0.495 bits per heavy atom. The molecule has 468 valence electrons. The molecule has 24 heteroatoms. The molecule has 91 heavy (non-hydrogen) atoms. The molecule has 0 atom stereocenters. The number of ketones is 1. The smallest absolute Gasteiger partial charge is 0.298 e. The van der Waals surface area contributed by atoms with Crippen LogP contribution in [0.3, 0.4) is 0 Å². The number of methoxy groups -OCH3 is 1. The number of fused-ring (bicyclic) bond motifs is 3. The van der Waals surface area contributed by atoms with E-state index in [0.717, 1.165) is 56.1 Å². The van der Waals surface area contributed by atoms with Crippen LogP contribution in [0, 0.1) is 6.92 Å². The van der Waals surface area contributed by atoms with Crippen LogP contribution in [0.5, 0.6) is 34.5 Å². The molecule has 0 spiro atoms. The van der Waals surface area contributed by atoms with Crippen molar-refractivity contribution in [3.63, 3.8) is 0 Å². The van der Waals surface area contributed by atoms with E-state index >= 15 is 0 Å². The van der Waals surface area contributed by atoms with Gasteiger partial charge in [0.1, 0.15) is 46.0 Å². The topological polar surface area (TPSA) is 290 Å². The Morgan fingerprint density at radius 2 is 0.923 bits per heavy atom. The van der Waals surface area contributed by atoms with Gasteiger partial charge in [-0.1, -0.05) is 132 Å². The van der Waals surface area contributed by atoms with Gasteiger partial charge in [-0.15, -0.1) is 4.33 Å². The fraction of sp³-hybridized carbons (Fsp3) is 0.0896. The lowest BCUT2D eigenvalue weighted by molar-refractivity contribution is -0.432. The second-order valence-corrected chi connectivity index (χ2v) is 27.4. The van der Waals surface area contributed by atoms with Gasteiger partial charge in [0.25, 0.3) is 30.4 Å². The molecule has 0 aliphatic heterocycles. The molecule has 0 fully saturated rings. The van der Waals surface area contributed by atoms with Gasteiger partial charge in [-0.25, -0.2) is 13.7 Å². The first kappa shape index (κ1) is 66.4. The second-order valence-electron chi connectivity index (χ2n) is 20.4. The quantitative estimate of drug-likeness (QED) is 0.0192. The first-order valence-electron chi connectivity index (χ1n) is 27.1. The molecule has 0 unspecified atom stereocenters. The third kappa shape index (κ3) is 16.3.